The van der Waals surface area contributed by atoms with Gasteiger partial charge in [0.15, 0.2) is 11.5 Å². The molecule has 1 atom stereocenters. The average molecular weight is 423 g/mol. The summed E-state index contributed by atoms with van der Waals surface area (Å²) in [6, 6.07) is 10.3. The SMILES string of the molecule is CCOc1ccc(S(=O)(=O)N[C@@H](C)C(=O)NCc2ccc(OC)c(OC)c2)cc1. The lowest BCUT2D eigenvalue weighted by Crippen LogP contribution is -2.44. The molecule has 9 heteroatoms. The number of nitrogens with one attached hydrogen (secondary N) is 2. The van der Waals surface area contributed by atoms with Crippen LogP contribution in [0.2, 0.25) is 0 Å². The lowest BCUT2D eigenvalue weighted by atomic mass is 10.2. The number of hydrogen-bond donors (Lipinski definition) is 2. The van der Waals surface area contributed by atoms with Crippen LogP contribution in [0.3, 0.4) is 0 Å². The van der Waals surface area contributed by atoms with Gasteiger partial charge < -0.3 is 19.5 Å². The maximum absolute atomic E-state index is 12.5. The summed E-state index contributed by atoms with van der Waals surface area (Å²) in [6.45, 7) is 4.03. The van der Waals surface area contributed by atoms with Crippen molar-refractivity contribution in [2.45, 2.75) is 31.3 Å². The van der Waals surface area contributed by atoms with Crippen molar-refractivity contribution in [3.8, 4) is 17.2 Å². The van der Waals surface area contributed by atoms with E-state index in [1.807, 2.05) is 6.92 Å². The number of carbonyl (C=O) groups is 1. The third kappa shape index (κ3) is 6.10. The van der Waals surface area contributed by atoms with Crippen LogP contribution in [0.5, 0.6) is 17.2 Å². The van der Waals surface area contributed by atoms with Crippen molar-refractivity contribution in [1.82, 2.24) is 10.0 Å². The summed E-state index contributed by atoms with van der Waals surface area (Å²) in [5.74, 6) is 1.25. The molecular weight excluding hydrogens is 396 g/mol. The zero-order valence-corrected chi connectivity index (χ0v) is 17.7. The summed E-state index contributed by atoms with van der Waals surface area (Å²) in [5, 5.41) is 2.71. The van der Waals surface area contributed by atoms with Crippen LogP contribution in [0.1, 0.15) is 19.4 Å². The van der Waals surface area contributed by atoms with Crippen molar-refractivity contribution in [3.63, 3.8) is 0 Å². The molecule has 0 aromatic heterocycles. The molecule has 0 aliphatic rings. The third-order valence-corrected chi connectivity index (χ3v) is 5.64. The highest BCUT2D eigenvalue weighted by molar-refractivity contribution is 7.89. The number of methoxy groups -OCH3 is 2. The van der Waals surface area contributed by atoms with Crippen molar-refractivity contribution in [2.75, 3.05) is 20.8 Å². The molecule has 0 bridgehead atoms. The van der Waals surface area contributed by atoms with Crippen LogP contribution >= 0.6 is 0 Å². The smallest absolute Gasteiger partial charge is 0.241 e. The Morgan fingerprint density at radius 3 is 2.28 bits per heavy atom. The number of hydrogen-bond acceptors (Lipinski definition) is 6. The van der Waals surface area contributed by atoms with E-state index < -0.39 is 22.0 Å². The molecule has 0 unspecified atom stereocenters. The van der Waals surface area contributed by atoms with Crippen molar-refractivity contribution >= 4 is 15.9 Å². The number of carbonyl (C=O) groups excluding carboxylic acids is 1. The Hall–Kier alpha value is -2.78. The van der Waals surface area contributed by atoms with Crippen molar-refractivity contribution < 1.29 is 27.4 Å². The first-order valence-electron chi connectivity index (χ1n) is 9.04. The minimum Gasteiger partial charge on any atom is -0.494 e. The molecule has 0 aliphatic carbocycles. The molecule has 0 saturated carbocycles. The molecule has 158 valence electrons. The molecule has 1 amide bonds. The van der Waals surface area contributed by atoms with E-state index in [-0.39, 0.29) is 11.4 Å². The molecule has 8 nitrogen and oxygen atoms in total. The number of sulfonamides is 1. The third-order valence-electron chi connectivity index (χ3n) is 4.08. The van der Waals surface area contributed by atoms with Gasteiger partial charge in [0.1, 0.15) is 5.75 Å². The van der Waals surface area contributed by atoms with E-state index in [4.69, 9.17) is 14.2 Å². The topological polar surface area (TPSA) is 103 Å². The Kier molecular flexibility index (Phi) is 7.86. The van der Waals surface area contributed by atoms with E-state index >= 15 is 0 Å². The van der Waals surface area contributed by atoms with Gasteiger partial charge in [-0.2, -0.15) is 4.72 Å². The molecule has 2 aromatic rings. The van der Waals surface area contributed by atoms with E-state index in [2.05, 4.69) is 10.0 Å². The van der Waals surface area contributed by atoms with Gasteiger partial charge in [0.2, 0.25) is 15.9 Å². The minimum atomic E-state index is -3.84. The van der Waals surface area contributed by atoms with Crippen LogP contribution in [0.4, 0.5) is 0 Å². The van der Waals surface area contributed by atoms with Crippen LogP contribution in [-0.2, 0) is 21.4 Å². The first kappa shape index (κ1) is 22.5. The maximum atomic E-state index is 12.5. The second-order valence-corrected chi connectivity index (χ2v) is 7.87. The number of benzene rings is 2. The second kappa shape index (κ2) is 10.1. The van der Waals surface area contributed by atoms with Gasteiger partial charge in [0.25, 0.3) is 0 Å². The molecule has 0 fully saturated rings. The highest BCUT2D eigenvalue weighted by atomic mass is 32.2. The molecule has 0 radical (unpaired) electrons. The van der Waals surface area contributed by atoms with Gasteiger partial charge in [-0.15, -0.1) is 0 Å². The summed E-state index contributed by atoms with van der Waals surface area (Å²) in [5.41, 5.74) is 0.789. The van der Waals surface area contributed by atoms with E-state index in [1.54, 1.807) is 30.3 Å². The zero-order valence-electron chi connectivity index (χ0n) is 16.9. The van der Waals surface area contributed by atoms with Gasteiger partial charge in [-0.1, -0.05) is 6.07 Å². The first-order chi connectivity index (χ1) is 13.8. The van der Waals surface area contributed by atoms with Gasteiger partial charge in [-0.25, -0.2) is 8.42 Å². The number of ether oxygens (including phenoxy) is 3. The molecule has 2 N–H and O–H groups in total. The summed E-state index contributed by atoms with van der Waals surface area (Å²) in [6.07, 6.45) is 0. The fourth-order valence-electron chi connectivity index (χ4n) is 2.57. The lowest BCUT2D eigenvalue weighted by molar-refractivity contribution is -0.122. The van der Waals surface area contributed by atoms with Crippen LogP contribution in [-0.4, -0.2) is 41.2 Å². The Morgan fingerprint density at radius 2 is 1.69 bits per heavy atom. The van der Waals surface area contributed by atoms with Gasteiger partial charge in [0, 0.05) is 6.54 Å². The predicted molar refractivity (Wildman–Crippen MR) is 109 cm³/mol. The monoisotopic (exact) mass is 422 g/mol. The molecule has 0 aliphatic heterocycles. The quantitative estimate of drug-likeness (QED) is 0.608. The molecule has 29 heavy (non-hydrogen) atoms. The summed E-state index contributed by atoms with van der Waals surface area (Å²) >= 11 is 0. The normalized spacial score (nSPS) is 12.1. The molecule has 2 rings (SSSR count). The second-order valence-electron chi connectivity index (χ2n) is 6.15. The average Bonchev–Trinajstić information content (AvgIpc) is 2.72. The van der Waals surface area contributed by atoms with Crippen LogP contribution < -0.4 is 24.2 Å². The van der Waals surface area contributed by atoms with Crippen LogP contribution in [0.25, 0.3) is 0 Å². The highest BCUT2D eigenvalue weighted by Gasteiger charge is 2.22. The van der Waals surface area contributed by atoms with E-state index in [0.29, 0.717) is 23.9 Å². The Balaban J connectivity index is 1.97. The van der Waals surface area contributed by atoms with Gasteiger partial charge in [-0.3, -0.25) is 4.79 Å². The standard InChI is InChI=1S/C20H26N2O6S/c1-5-28-16-7-9-17(10-8-16)29(24,25)22-14(2)20(23)21-13-15-6-11-18(26-3)19(12-15)27-4/h6-12,14,22H,5,13H2,1-4H3,(H,21,23)/t14-/m0/s1. The highest BCUT2D eigenvalue weighted by Crippen LogP contribution is 2.27. The molecule has 2 aromatic carbocycles. The molecule has 0 spiro atoms. The van der Waals surface area contributed by atoms with Crippen molar-refractivity contribution in [2.24, 2.45) is 0 Å². The van der Waals surface area contributed by atoms with E-state index in [1.165, 1.54) is 33.3 Å². The first-order valence-corrected chi connectivity index (χ1v) is 10.5. The van der Waals surface area contributed by atoms with E-state index in [0.717, 1.165) is 5.56 Å². The van der Waals surface area contributed by atoms with Gasteiger partial charge in [-0.05, 0) is 55.8 Å². The Bertz CT molecular complexity index is 928. The largest absolute Gasteiger partial charge is 0.494 e. The summed E-state index contributed by atoms with van der Waals surface area (Å²) in [4.78, 5) is 12.4. The van der Waals surface area contributed by atoms with Crippen LogP contribution in [0, 0.1) is 0 Å². The fourth-order valence-corrected chi connectivity index (χ4v) is 3.77. The molecular formula is C20H26N2O6S. The van der Waals surface area contributed by atoms with Crippen molar-refractivity contribution in [1.29, 1.82) is 0 Å². The van der Waals surface area contributed by atoms with Gasteiger partial charge >= 0.3 is 0 Å². The number of rotatable bonds is 10. The maximum Gasteiger partial charge on any atom is 0.241 e. The summed E-state index contributed by atoms with van der Waals surface area (Å²) < 4.78 is 43.0. The van der Waals surface area contributed by atoms with E-state index in [9.17, 15) is 13.2 Å². The van der Waals surface area contributed by atoms with Gasteiger partial charge in [0.05, 0.1) is 31.8 Å². The van der Waals surface area contributed by atoms with Crippen molar-refractivity contribution in [3.05, 3.63) is 48.0 Å². The Labute approximate surface area is 171 Å². The number of amides is 1. The summed E-state index contributed by atoms with van der Waals surface area (Å²) in [7, 11) is -0.777. The predicted octanol–water partition coefficient (Wildman–Crippen LogP) is 2.09. The zero-order chi connectivity index (χ0) is 21.4. The lowest BCUT2D eigenvalue weighted by Gasteiger charge is -2.15. The Morgan fingerprint density at radius 1 is 1.03 bits per heavy atom. The fraction of sp³-hybridized carbons (Fsp3) is 0.350. The molecule has 0 saturated heterocycles. The minimum absolute atomic E-state index is 0.0560. The van der Waals surface area contributed by atoms with Crippen LogP contribution in [0.15, 0.2) is 47.4 Å². The molecule has 0 heterocycles.